The number of benzene rings is 1. The lowest BCUT2D eigenvalue weighted by atomic mass is 10.1. The average molecular weight is 378 g/mol. The number of carbonyl (C=O) groups is 1. The summed E-state index contributed by atoms with van der Waals surface area (Å²) in [6, 6.07) is 6.14. The first-order chi connectivity index (χ1) is 10.7. The van der Waals surface area contributed by atoms with E-state index in [4.69, 9.17) is 4.74 Å². The van der Waals surface area contributed by atoms with Crippen LogP contribution in [-0.4, -0.2) is 52.3 Å². The molecular weight excluding hydrogens is 349 g/mol. The van der Waals surface area contributed by atoms with E-state index >= 15 is 0 Å². The minimum atomic E-state index is 0. The van der Waals surface area contributed by atoms with Gasteiger partial charge in [-0.25, -0.2) is 0 Å². The molecule has 0 bridgehead atoms. The number of amides is 1. The minimum Gasteiger partial charge on any atom is -0.383 e. The van der Waals surface area contributed by atoms with Gasteiger partial charge in [-0.3, -0.25) is 4.79 Å². The first kappa shape index (κ1) is 23.0. The van der Waals surface area contributed by atoms with E-state index in [2.05, 4.69) is 27.7 Å². The van der Waals surface area contributed by atoms with Crippen LogP contribution in [0.15, 0.2) is 18.2 Å². The third kappa shape index (κ3) is 6.85. The second-order valence-corrected chi connectivity index (χ2v) is 5.71. The molecule has 1 aliphatic rings. The monoisotopic (exact) mass is 377 g/mol. The third-order valence-corrected chi connectivity index (χ3v) is 3.91. The van der Waals surface area contributed by atoms with Crippen LogP contribution in [0.4, 0.5) is 5.69 Å². The van der Waals surface area contributed by atoms with Crippen molar-refractivity contribution in [3.63, 3.8) is 0 Å². The molecule has 2 rings (SSSR count). The van der Waals surface area contributed by atoms with Crippen molar-refractivity contribution >= 4 is 36.4 Å². The number of hydrogen-bond acceptors (Lipinski definition) is 4. The summed E-state index contributed by atoms with van der Waals surface area (Å²) in [5.74, 6) is 0.0131. The zero-order valence-electron chi connectivity index (χ0n) is 14.5. The number of carbonyl (C=O) groups excluding carboxylic acids is 1. The Hall–Kier alpha value is -1.01. The van der Waals surface area contributed by atoms with Gasteiger partial charge in [0.1, 0.15) is 0 Å². The molecule has 0 atom stereocenters. The van der Waals surface area contributed by atoms with Crippen molar-refractivity contribution in [1.82, 2.24) is 10.6 Å². The van der Waals surface area contributed by atoms with E-state index in [1.54, 1.807) is 7.11 Å². The maximum absolute atomic E-state index is 12.5. The van der Waals surface area contributed by atoms with E-state index in [-0.39, 0.29) is 30.7 Å². The summed E-state index contributed by atoms with van der Waals surface area (Å²) in [6.07, 6.45) is 2.41. The summed E-state index contributed by atoms with van der Waals surface area (Å²) in [5, 5.41) is 6.22. The van der Waals surface area contributed by atoms with Gasteiger partial charge in [0, 0.05) is 45.5 Å². The van der Waals surface area contributed by atoms with Crippen LogP contribution in [0.1, 0.15) is 28.8 Å². The fourth-order valence-corrected chi connectivity index (χ4v) is 2.72. The SMILES string of the molecule is COCCNCCNC(=O)c1cc(C)ccc1N1CCCC1.Cl.Cl. The summed E-state index contributed by atoms with van der Waals surface area (Å²) >= 11 is 0. The normalized spacial score (nSPS) is 13.2. The van der Waals surface area contributed by atoms with Crippen LogP contribution in [0, 0.1) is 6.92 Å². The van der Waals surface area contributed by atoms with E-state index < -0.39 is 0 Å². The molecule has 1 amide bonds. The lowest BCUT2D eigenvalue weighted by molar-refractivity contribution is 0.0954. The quantitative estimate of drug-likeness (QED) is 0.683. The van der Waals surface area contributed by atoms with Crippen molar-refractivity contribution in [3.8, 4) is 0 Å². The predicted molar refractivity (Wildman–Crippen MR) is 104 cm³/mol. The Bertz CT molecular complexity index is 495. The Kier molecular flexibility index (Phi) is 11.8. The maximum atomic E-state index is 12.5. The first-order valence-corrected chi connectivity index (χ1v) is 8.06. The summed E-state index contributed by atoms with van der Waals surface area (Å²) in [7, 11) is 1.68. The van der Waals surface area contributed by atoms with Crippen molar-refractivity contribution in [3.05, 3.63) is 29.3 Å². The largest absolute Gasteiger partial charge is 0.383 e. The van der Waals surface area contributed by atoms with Gasteiger partial charge in [-0.1, -0.05) is 11.6 Å². The van der Waals surface area contributed by atoms with Crippen molar-refractivity contribution in [2.45, 2.75) is 19.8 Å². The van der Waals surface area contributed by atoms with Gasteiger partial charge >= 0.3 is 0 Å². The Labute approximate surface area is 157 Å². The molecule has 7 heteroatoms. The highest BCUT2D eigenvalue weighted by molar-refractivity contribution is 6.00. The zero-order valence-corrected chi connectivity index (χ0v) is 16.1. The molecule has 1 heterocycles. The number of methoxy groups -OCH3 is 1. The second kappa shape index (κ2) is 12.4. The topological polar surface area (TPSA) is 53.6 Å². The molecule has 1 aromatic carbocycles. The highest BCUT2D eigenvalue weighted by atomic mass is 35.5. The van der Waals surface area contributed by atoms with Crippen LogP contribution >= 0.6 is 24.8 Å². The molecule has 1 fully saturated rings. The standard InChI is InChI=1S/C17H27N3O2.2ClH/c1-14-5-6-16(20-10-3-4-11-20)15(13-14)17(21)19-8-7-18-9-12-22-2;;/h5-6,13,18H,3-4,7-12H2,1-2H3,(H,19,21);2*1H. The van der Waals surface area contributed by atoms with Crippen LogP contribution in [0.3, 0.4) is 0 Å². The molecule has 24 heavy (non-hydrogen) atoms. The van der Waals surface area contributed by atoms with Gasteiger partial charge in [0.25, 0.3) is 5.91 Å². The maximum Gasteiger partial charge on any atom is 0.253 e. The van der Waals surface area contributed by atoms with Crippen LogP contribution in [0.5, 0.6) is 0 Å². The van der Waals surface area contributed by atoms with Crippen LogP contribution in [0.25, 0.3) is 0 Å². The second-order valence-electron chi connectivity index (χ2n) is 5.71. The molecule has 1 aliphatic heterocycles. The van der Waals surface area contributed by atoms with E-state index in [1.807, 2.05) is 13.0 Å². The number of hydrogen-bond donors (Lipinski definition) is 2. The minimum absolute atomic E-state index is 0. The summed E-state index contributed by atoms with van der Waals surface area (Å²) < 4.78 is 4.97. The zero-order chi connectivity index (χ0) is 15.8. The van der Waals surface area contributed by atoms with Crippen molar-refractivity contribution in [1.29, 1.82) is 0 Å². The highest BCUT2D eigenvalue weighted by Gasteiger charge is 2.19. The first-order valence-electron chi connectivity index (χ1n) is 8.06. The van der Waals surface area contributed by atoms with Crippen LogP contribution in [-0.2, 0) is 4.74 Å². The number of nitrogens with one attached hydrogen (secondary N) is 2. The van der Waals surface area contributed by atoms with Gasteiger partial charge in [-0.05, 0) is 31.9 Å². The summed E-state index contributed by atoms with van der Waals surface area (Å²) in [6.45, 7) is 6.97. The van der Waals surface area contributed by atoms with Gasteiger partial charge in [-0.2, -0.15) is 0 Å². The molecule has 138 valence electrons. The fraction of sp³-hybridized carbons (Fsp3) is 0.588. The van der Waals surface area contributed by atoms with Crippen molar-refractivity contribution in [2.75, 3.05) is 51.3 Å². The Morgan fingerprint density at radius 3 is 2.54 bits per heavy atom. The number of rotatable bonds is 8. The molecule has 1 saturated heterocycles. The lowest BCUT2D eigenvalue weighted by Gasteiger charge is -2.21. The number of nitrogens with zero attached hydrogens (tertiary/aromatic N) is 1. The molecule has 0 saturated carbocycles. The molecule has 0 radical (unpaired) electrons. The van der Waals surface area contributed by atoms with Gasteiger partial charge < -0.3 is 20.3 Å². The van der Waals surface area contributed by atoms with Gasteiger partial charge in [0.15, 0.2) is 0 Å². The molecular formula is C17H29Cl2N3O2. The van der Waals surface area contributed by atoms with Gasteiger partial charge in [0.2, 0.25) is 0 Å². The Morgan fingerprint density at radius 1 is 1.17 bits per heavy atom. The van der Waals surface area contributed by atoms with E-state index in [0.717, 1.165) is 43.0 Å². The summed E-state index contributed by atoms with van der Waals surface area (Å²) in [4.78, 5) is 14.8. The highest BCUT2D eigenvalue weighted by Crippen LogP contribution is 2.25. The van der Waals surface area contributed by atoms with Crippen LogP contribution < -0.4 is 15.5 Å². The summed E-state index contributed by atoms with van der Waals surface area (Å²) in [5.41, 5.74) is 2.97. The van der Waals surface area contributed by atoms with E-state index in [0.29, 0.717) is 13.2 Å². The molecule has 2 N–H and O–H groups in total. The molecule has 1 aromatic rings. The molecule has 0 aliphatic carbocycles. The molecule has 5 nitrogen and oxygen atoms in total. The Morgan fingerprint density at radius 2 is 1.88 bits per heavy atom. The predicted octanol–water partition coefficient (Wildman–Crippen LogP) is 2.40. The fourth-order valence-electron chi connectivity index (χ4n) is 2.72. The average Bonchev–Trinajstić information content (AvgIpc) is 3.04. The molecule has 0 aromatic heterocycles. The van der Waals surface area contributed by atoms with Gasteiger partial charge in [0.05, 0.1) is 12.2 Å². The number of halogens is 2. The molecule has 0 spiro atoms. The van der Waals surface area contributed by atoms with Crippen molar-refractivity contribution in [2.24, 2.45) is 0 Å². The number of anilines is 1. The number of ether oxygens (including phenoxy) is 1. The van der Waals surface area contributed by atoms with E-state index in [9.17, 15) is 4.79 Å². The number of aryl methyl sites for hydroxylation is 1. The third-order valence-electron chi connectivity index (χ3n) is 3.91. The lowest BCUT2D eigenvalue weighted by Crippen LogP contribution is -2.34. The molecule has 0 unspecified atom stereocenters. The van der Waals surface area contributed by atoms with Crippen LogP contribution in [0.2, 0.25) is 0 Å². The van der Waals surface area contributed by atoms with Gasteiger partial charge in [-0.15, -0.1) is 24.8 Å². The van der Waals surface area contributed by atoms with Crippen molar-refractivity contribution < 1.29 is 9.53 Å². The Balaban J connectivity index is 0.00000264. The smallest absolute Gasteiger partial charge is 0.253 e. The van der Waals surface area contributed by atoms with E-state index in [1.165, 1.54) is 12.8 Å².